The summed E-state index contributed by atoms with van der Waals surface area (Å²) in [7, 11) is -2.67. The first-order valence-corrected chi connectivity index (χ1v) is 31.3. The van der Waals surface area contributed by atoms with Crippen molar-refractivity contribution in [2.45, 2.75) is 127 Å². The van der Waals surface area contributed by atoms with Gasteiger partial charge in [-0.3, -0.25) is 57.1 Å². The number of allylic oxidation sites excluding steroid dienone is 1. The van der Waals surface area contributed by atoms with E-state index in [9.17, 15) is 51.7 Å². The van der Waals surface area contributed by atoms with Crippen LogP contribution in [0.2, 0.25) is 0 Å². The van der Waals surface area contributed by atoms with Gasteiger partial charge in [-0.25, -0.2) is 4.79 Å². The number of rotatable bonds is 31. The van der Waals surface area contributed by atoms with Crippen molar-refractivity contribution in [3.05, 3.63) is 140 Å². The van der Waals surface area contributed by atoms with Crippen molar-refractivity contribution in [1.82, 2.24) is 30.0 Å². The van der Waals surface area contributed by atoms with Crippen molar-refractivity contribution in [3.8, 4) is 0 Å². The zero-order chi connectivity index (χ0) is 64.2. The first-order chi connectivity index (χ1) is 42.4. The van der Waals surface area contributed by atoms with Gasteiger partial charge < -0.3 is 50.4 Å². The minimum absolute atomic E-state index is 0.0526. The molecule has 7 amide bonds. The van der Waals surface area contributed by atoms with E-state index in [0.29, 0.717) is 80.1 Å². The Labute approximate surface area is 513 Å². The predicted molar refractivity (Wildman–Crippen MR) is 324 cm³/mol. The third-order valence-corrected chi connectivity index (χ3v) is 17.3. The topological polar surface area (TPSA) is 309 Å². The number of ether oxygens (including phenoxy) is 4. The van der Waals surface area contributed by atoms with E-state index in [1.165, 1.54) is 46.2 Å². The number of carbonyl (C=O) groups is 7. The summed E-state index contributed by atoms with van der Waals surface area (Å²) in [5.41, 5.74) is 7.07. The van der Waals surface area contributed by atoms with Crippen molar-refractivity contribution >= 4 is 71.2 Å². The van der Waals surface area contributed by atoms with Gasteiger partial charge in [0.1, 0.15) is 24.7 Å². The lowest BCUT2D eigenvalue weighted by Gasteiger charge is -2.31. The van der Waals surface area contributed by atoms with E-state index >= 15 is 0 Å². The number of fused-ring (bicyclic) bond motifs is 1. The Hall–Kier alpha value is -7.77. The summed E-state index contributed by atoms with van der Waals surface area (Å²) in [4.78, 5) is 125. The number of hydrogen-bond donors (Lipinski definition) is 6. The maximum absolute atomic E-state index is 14.4. The number of anilines is 1. The van der Waals surface area contributed by atoms with E-state index in [-0.39, 0.29) is 81.8 Å². The number of likely N-dealkylation sites (N-methyl/N-ethyl adjacent to an activating group) is 1. The van der Waals surface area contributed by atoms with Gasteiger partial charge >= 0.3 is 18.9 Å². The summed E-state index contributed by atoms with van der Waals surface area (Å²) in [6.07, 6.45) is 4.79. The number of imidazole rings is 1. The number of imide groups is 1. The number of amides is 7. The van der Waals surface area contributed by atoms with E-state index in [4.69, 9.17) is 34.5 Å². The molecule has 0 spiro atoms. The van der Waals surface area contributed by atoms with Crippen LogP contribution in [0.15, 0.2) is 95.8 Å². The van der Waals surface area contributed by atoms with Crippen molar-refractivity contribution in [2.75, 3.05) is 58.1 Å². The van der Waals surface area contributed by atoms with Crippen LogP contribution in [-0.2, 0) is 102 Å². The van der Waals surface area contributed by atoms with Gasteiger partial charge in [-0.1, -0.05) is 72.8 Å². The zero-order valence-corrected chi connectivity index (χ0v) is 51.1. The molecule has 4 aromatic carbocycles. The number of hydrogen-bond acceptors (Lipinski definition) is 13. The van der Waals surface area contributed by atoms with Gasteiger partial charge in [0.15, 0.2) is 0 Å². The number of piperidine rings is 1. The molecule has 478 valence electrons. The van der Waals surface area contributed by atoms with Gasteiger partial charge in [-0.15, -0.1) is 0 Å². The van der Waals surface area contributed by atoms with Gasteiger partial charge in [-0.2, -0.15) is 8.78 Å². The van der Waals surface area contributed by atoms with Crippen molar-refractivity contribution < 1.29 is 75.6 Å². The summed E-state index contributed by atoms with van der Waals surface area (Å²) >= 11 is 0. The van der Waals surface area contributed by atoms with Gasteiger partial charge in [-0.05, 0) is 116 Å². The number of likely N-dealkylation sites (tertiary alicyclic amines) is 1. The lowest BCUT2D eigenvalue weighted by molar-refractivity contribution is -0.149. The standard InChI is InChI=1S/C63H77F2N8O15P/c1-39(44-17-20-47(21-18-44)63(64,65)89(82,83)84)34-55(75)68-49-22-19-45-10-5-11-46-36-53(73(58(45)46)60(49)79)59(78)69-48(23-26-54(66)74)40(2)88-37-43-14-12-41(13-15-43)8-6-28-67-56(76)38-87-33-32-86-31-30-85-29-7-9-42-16-24-50-52(35-42)70(3)62(81)72(50)51-25-27-57(77)71(4)61(51)80/h5,10-18,20-21,24,34-35,40,48-49,51,53H,6-9,19,22-23,25-33,36-38H2,1-4H3,(H2,66,74)(H,67,76)(H,68,75)(H,69,78)(H2,82,83,84)/b39-34+/t40-,48+,49+,51?,53+/m1/s1. The van der Waals surface area contributed by atoms with Crippen LogP contribution in [-0.4, -0.2) is 143 Å². The van der Waals surface area contributed by atoms with Crippen molar-refractivity contribution in [2.24, 2.45) is 12.8 Å². The van der Waals surface area contributed by atoms with E-state index in [0.717, 1.165) is 57.7 Å². The molecular weight excluding hydrogens is 1180 g/mol. The fraction of sp³-hybridized carbons (Fsp3) is 0.460. The molecule has 1 unspecified atom stereocenters. The Morgan fingerprint density at radius 1 is 0.809 bits per heavy atom. The lowest BCUT2D eigenvalue weighted by Crippen LogP contribution is -2.56. The first-order valence-electron chi connectivity index (χ1n) is 29.7. The number of para-hydroxylation sites is 1. The second-order valence-corrected chi connectivity index (χ2v) is 24.3. The number of alkyl halides is 2. The molecule has 0 saturated carbocycles. The third kappa shape index (κ3) is 16.7. The molecule has 23 nitrogen and oxygen atoms in total. The molecule has 1 saturated heterocycles. The lowest BCUT2D eigenvalue weighted by atomic mass is 10.0. The number of benzene rings is 4. The summed E-state index contributed by atoms with van der Waals surface area (Å²) < 4.78 is 65.9. The number of nitrogens with two attached hydrogens (primary N) is 1. The Morgan fingerprint density at radius 2 is 1.47 bits per heavy atom. The van der Waals surface area contributed by atoms with Gasteiger partial charge in [0.05, 0.1) is 61.9 Å². The van der Waals surface area contributed by atoms with Gasteiger partial charge in [0, 0.05) is 58.1 Å². The maximum atomic E-state index is 14.4. The molecule has 0 radical (unpaired) electrons. The number of aryl methyl sites for hydroxylation is 4. The molecule has 7 N–H and O–H groups in total. The van der Waals surface area contributed by atoms with Crippen molar-refractivity contribution in [1.29, 1.82) is 0 Å². The average molecular weight is 1260 g/mol. The molecule has 0 bridgehead atoms. The summed E-state index contributed by atoms with van der Waals surface area (Å²) in [5, 5.41) is 8.65. The number of carbonyl (C=O) groups excluding carboxylic acids is 7. The molecule has 4 heterocycles. The van der Waals surface area contributed by atoms with Crippen LogP contribution in [0, 0.1) is 0 Å². The van der Waals surface area contributed by atoms with E-state index in [1.807, 2.05) is 60.7 Å². The Bertz CT molecular complexity index is 3550. The van der Waals surface area contributed by atoms with Gasteiger partial charge in [0.25, 0.3) is 5.91 Å². The molecule has 5 aromatic rings. The van der Waals surface area contributed by atoms with Crippen molar-refractivity contribution in [3.63, 3.8) is 0 Å². The quantitative estimate of drug-likeness (QED) is 0.0151. The average Bonchev–Trinajstić information content (AvgIpc) is 1.68. The van der Waals surface area contributed by atoms with Crippen LogP contribution in [0.25, 0.3) is 16.6 Å². The number of nitrogens with one attached hydrogen (secondary N) is 3. The van der Waals surface area contributed by atoms with E-state index in [2.05, 4.69) is 16.0 Å². The molecule has 3 aliphatic rings. The fourth-order valence-corrected chi connectivity index (χ4v) is 11.8. The van der Waals surface area contributed by atoms with Crippen LogP contribution >= 0.6 is 7.60 Å². The SMILES string of the molecule is C/C(=C\C(=O)N[C@H]1CCc2cccc3c2N(C1=O)[C@H](C(=O)N[C@@H](CCC(N)=O)[C@@H](C)OCc1ccc(CCCNC(=O)COCCOCCOCCCc2ccc4c(c2)n(C)c(=O)n4C2CCC(=O)N(C)C2=O)cc1)C3)c1ccc(C(F)(F)P(=O)(O)O)cc1. The number of nitrogens with zero attached hydrogens (tertiary/aromatic N) is 4. The molecule has 3 aliphatic heterocycles. The fourth-order valence-electron chi connectivity index (χ4n) is 11.3. The molecule has 5 atom stereocenters. The summed E-state index contributed by atoms with van der Waals surface area (Å²) in [6, 6.07) is 19.7. The normalized spacial score (nSPS) is 17.8. The first kappa shape index (κ1) is 67.2. The summed E-state index contributed by atoms with van der Waals surface area (Å²) in [6.45, 7) is 5.61. The largest absolute Gasteiger partial charge is 0.399 e. The monoisotopic (exact) mass is 1250 g/mol. The smallest absolute Gasteiger partial charge is 0.379 e. The number of aromatic nitrogens is 2. The second-order valence-electron chi connectivity index (χ2n) is 22.6. The maximum Gasteiger partial charge on any atom is 0.399 e. The second kappa shape index (κ2) is 30.2. The molecular formula is C63H77F2N8O15P. The third-order valence-electron chi connectivity index (χ3n) is 16.3. The van der Waals surface area contributed by atoms with Gasteiger partial charge in [0.2, 0.25) is 35.4 Å². The minimum atomic E-state index is -5.79. The molecule has 1 aromatic heterocycles. The Morgan fingerprint density at radius 3 is 2.18 bits per heavy atom. The van der Waals surface area contributed by atoms with Crippen LogP contribution in [0.3, 0.4) is 0 Å². The highest BCUT2D eigenvalue weighted by Crippen LogP contribution is 2.59. The molecule has 26 heteroatoms. The molecule has 89 heavy (non-hydrogen) atoms. The molecule has 0 aliphatic carbocycles. The Kier molecular flexibility index (Phi) is 22.8. The molecule has 1 fully saturated rings. The van der Waals surface area contributed by atoms with Crippen LogP contribution < -0.4 is 32.3 Å². The highest BCUT2D eigenvalue weighted by atomic mass is 31.2. The van der Waals surface area contributed by atoms with Crippen LogP contribution in [0.1, 0.15) is 104 Å². The predicted octanol–water partition coefficient (Wildman–Crippen LogP) is 4.77. The number of halogens is 2. The van der Waals surface area contributed by atoms with Crippen LogP contribution in [0.4, 0.5) is 14.5 Å². The number of primary amides is 1. The molecule has 8 rings (SSSR count). The van der Waals surface area contributed by atoms with E-state index < -0.39 is 72.7 Å². The minimum Gasteiger partial charge on any atom is -0.379 e. The zero-order valence-electron chi connectivity index (χ0n) is 50.3. The highest BCUT2D eigenvalue weighted by Gasteiger charge is 2.50. The Balaban J connectivity index is 0.710. The summed E-state index contributed by atoms with van der Waals surface area (Å²) in [5.74, 6) is -3.12. The van der Waals surface area contributed by atoms with Crippen LogP contribution in [0.5, 0.6) is 0 Å². The highest BCUT2D eigenvalue weighted by molar-refractivity contribution is 7.52. The van der Waals surface area contributed by atoms with E-state index in [1.54, 1.807) is 14.0 Å².